The molecule has 5 rings (SSSR count). The second kappa shape index (κ2) is 7.20. The number of anilines is 1. The average molecular weight is 410 g/mol. The van der Waals surface area contributed by atoms with Crippen LogP contribution in [0.2, 0.25) is 0 Å². The molecule has 0 saturated carbocycles. The van der Waals surface area contributed by atoms with Gasteiger partial charge in [-0.2, -0.15) is 0 Å². The maximum absolute atomic E-state index is 13.6. The van der Waals surface area contributed by atoms with Crippen LogP contribution in [0.4, 0.5) is 5.82 Å². The highest BCUT2D eigenvalue weighted by Gasteiger charge is 2.44. The molecule has 1 aliphatic rings. The second-order valence-electron chi connectivity index (χ2n) is 7.98. The van der Waals surface area contributed by atoms with Crippen molar-refractivity contribution in [1.29, 1.82) is 0 Å². The summed E-state index contributed by atoms with van der Waals surface area (Å²) >= 11 is 0. The zero-order valence-electron chi connectivity index (χ0n) is 17.7. The Labute approximate surface area is 180 Å². The predicted octanol–water partition coefficient (Wildman–Crippen LogP) is 5.12. The van der Waals surface area contributed by atoms with E-state index in [0.717, 1.165) is 23.2 Å². The Morgan fingerprint density at radius 1 is 1.00 bits per heavy atom. The molecular formula is C26H22N2O3. The van der Waals surface area contributed by atoms with Gasteiger partial charge in [0.05, 0.1) is 17.0 Å². The summed E-state index contributed by atoms with van der Waals surface area (Å²) in [6.45, 7) is 5.90. The van der Waals surface area contributed by atoms with Crippen molar-refractivity contribution in [2.75, 3.05) is 4.90 Å². The van der Waals surface area contributed by atoms with Gasteiger partial charge in [-0.1, -0.05) is 48.9 Å². The van der Waals surface area contributed by atoms with Gasteiger partial charge >= 0.3 is 0 Å². The Balaban J connectivity index is 1.80. The lowest BCUT2D eigenvalue weighted by molar-refractivity contribution is 0.0970. The summed E-state index contributed by atoms with van der Waals surface area (Å²) < 4.78 is 6.01. The van der Waals surface area contributed by atoms with Gasteiger partial charge in [0, 0.05) is 5.69 Å². The Kier molecular flexibility index (Phi) is 4.47. The normalized spacial score (nSPS) is 15.5. The van der Waals surface area contributed by atoms with Crippen molar-refractivity contribution in [2.24, 2.45) is 0 Å². The number of carbonyl (C=O) groups excluding carboxylic acids is 1. The first-order valence-corrected chi connectivity index (χ1v) is 10.4. The Morgan fingerprint density at radius 2 is 1.77 bits per heavy atom. The Morgan fingerprint density at radius 3 is 2.48 bits per heavy atom. The summed E-state index contributed by atoms with van der Waals surface area (Å²) in [5.41, 5.74) is 4.42. The number of amides is 1. The molecule has 0 bridgehead atoms. The minimum atomic E-state index is -0.594. The third kappa shape index (κ3) is 3.05. The number of fused-ring (bicyclic) bond motifs is 2. The molecule has 154 valence electrons. The molecule has 0 spiro atoms. The van der Waals surface area contributed by atoms with E-state index in [4.69, 9.17) is 4.42 Å². The first kappa shape index (κ1) is 19.2. The molecule has 1 atom stereocenters. The molecule has 2 aromatic carbocycles. The molecule has 0 saturated heterocycles. The monoisotopic (exact) mass is 410 g/mol. The third-order valence-electron chi connectivity index (χ3n) is 5.85. The molecule has 0 aliphatic carbocycles. The van der Waals surface area contributed by atoms with Crippen LogP contribution in [-0.2, 0) is 6.42 Å². The zero-order valence-corrected chi connectivity index (χ0v) is 17.7. The third-order valence-corrected chi connectivity index (χ3v) is 5.85. The van der Waals surface area contributed by atoms with E-state index in [2.05, 4.69) is 11.9 Å². The van der Waals surface area contributed by atoms with Gasteiger partial charge in [0.25, 0.3) is 5.91 Å². The van der Waals surface area contributed by atoms with Gasteiger partial charge in [0.15, 0.2) is 5.43 Å². The molecule has 1 amide bonds. The molecule has 5 nitrogen and oxygen atoms in total. The molecule has 4 aromatic rings. The number of aromatic nitrogens is 1. The van der Waals surface area contributed by atoms with Crippen molar-refractivity contribution in [3.05, 3.63) is 105 Å². The van der Waals surface area contributed by atoms with Crippen LogP contribution < -0.4 is 10.3 Å². The van der Waals surface area contributed by atoms with Crippen LogP contribution in [0.3, 0.4) is 0 Å². The first-order chi connectivity index (χ1) is 15.0. The van der Waals surface area contributed by atoms with Crippen molar-refractivity contribution in [1.82, 2.24) is 4.98 Å². The molecule has 5 heteroatoms. The summed E-state index contributed by atoms with van der Waals surface area (Å²) in [5, 5.41) is 0.487. The molecule has 0 N–H and O–H groups in total. The maximum atomic E-state index is 13.6. The second-order valence-corrected chi connectivity index (χ2v) is 7.98. The van der Waals surface area contributed by atoms with E-state index in [-0.39, 0.29) is 17.1 Å². The lowest BCUT2D eigenvalue weighted by atomic mass is 9.97. The van der Waals surface area contributed by atoms with Gasteiger partial charge in [-0.15, -0.1) is 0 Å². The van der Waals surface area contributed by atoms with Gasteiger partial charge in [0.1, 0.15) is 11.4 Å². The fourth-order valence-corrected chi connectivity index (χ4v) is 4.24. The minimum absolute atomic E-state index is 0.0919. The van der Waals surface area contributed by atoms with Crippen LogP contribution >= 0.6 is 0 Å². The number of aryl methyl sites for hydroxylation is 3. The van der Waals surface area contributed by atoms with Crippen LogP contribution in [0.25, 0.3) is 11.0 Å². The largest absolute Gasteiger partial charge is 0.450 e. The van der Waals surface area contributed by atoms with Gasteiger partial charge in [0.2, 0.25) is 5.76 Å². The molecule has 0 radical (unpaired) electrons. The molecule has 31 heavy (non-hydrogen) atoms. The van der Waals surface area contributed by atoms with Gasteiger partial charge < -0.3 is 4.42 Å². The lowest BCUT2D eigenvalue weighted by Gasteiger charge is -2.24. The van der Waals surface area contributed by atoms with Crippen LogP contribution in [0.5, 0.6) is 0 Å². The minimum Gasteiger partial charge on any atom is -0.450 e. The fourth-order valence-electron chi connectivity index (χ4n) is 4.24. The number of hydrogen-bond donors (Lipinski definition) is 0. The lowest BCUT2D eigenvalue weighted by Crippen LogP contribution is -2.30. The number of carbonyl (C=O) groups is 1. The summed E-state index contributed by atoms with van der Waals surface area (Å²) in [5.74, 6) is 0.243. The van der Waals surface area contributed by atoms with Gasteiger partial charge in [-0.05, 0) is 55.7 Å². The van der Waals surface area contributed by atoms with Gasteiger partial charge in [-0.25, -0.2) is 4.98 Å². The average Bonchev–Trinajstić information content (AvgIpc) is 3.07. The smallest absolute Gasteiger partial charge is 0.296 e. The predicted molar refractivity (Wildman–Crippen MR) is 121 cm³/mol. The number of benzene rings is 2. The zero-order chi connectivity index (χ0) is 21.7. The topological polar surface area (TPSA) is 63.4 Å². The fraction of sp³-hybridized carbons (Fsp3) is 0.192. The molecular weight excluding hydrogens is 388 g/mol. The van der Waals surface area contributed by atoms with Crippen LogP contribution in [-0.4, -0.2) is 10.9 Å². The first-order valence-electron chi connectivity index (χ1n) is 10.4. The van der Waals surface area contributed by atoms with Crippen LogP contribution in [0, 0.1) is 13.8 Å². The number of hydrogen-bond acceptors (Lipinski definition) is 4. The number of nitrogens with zero attached hydrogens (tertiary/aromatic N) is 2. The van der Waals surface area contributed by atoms with E-state index in [0.29, 0.717) is 22.4 Å². The maximum Gasteiger partial charge on any atom is 0.296 e. The number of pyridine rings is 1. The highest BCUT2D eigenvalue weighted by Crippen LogP contribution is 2.40. The van der Waals surface area contributed by atoms with Crippen molar-refractivity contribution < 1.29 is 9.21 Å². The van der Waals surface area contributed by atoms with E-state index >= 15 is 0 Å². The standard InChI is InChI=1S/C26H22N2O3/c1-4-17-9-11-18(12-10-17)23-22-24(29)19-14-15(2)8-13-20(19)31-25(22)26(30)28(23)21-7-5-6-16(3)27-21/h5-14,23H,4H2,1-3H3. The Hall–Kier alpha value is -3.73. The van der Waals surface area contributed by atoms with Gasteiger partial charge in [-0.3, -0.25) is 14.5 Å². The molecule has 3 heterocycles. The number of rotatable bonds is 3. The van der Waals surface area contributed by atoms with E-state index in [9.17, 15) is 9.59 Å². The van der Waals surface area contributed by atoms with Crippen molar-refractivity contribution in [3.63, 3.8) is 0 Å². The van der Waals surface area contributed by atoms with Crippen molar-refractivity contribution in [2.45, 2.75) is 33.2 Å². The molecule has 1 aliphatic heterocycles. The van der Waals surface area contributed by atoms with Crippen molar-refractivity contribution in [3.8, 4) is 0 Å². The summed E-state index contributed by atoms with van der Waals surface area (Å²) in [6, 6.07) is 18.4. The van der Waals surface area contributed by atoms with E-state index in [1.807, 2.05) is 62.4 Å². The molecule has 2 aromatic heterocycles. The summed E-state index contributed by atoms with van der Waals surface area (Å²) in [7, 11) is 0. The Bertz CT molecular complexity index is 1390. The summed E-state index contributed by atoms with van der Waals surface area (Å²) in [4.78, 5) is 33.3. The van der Waals surface area contributed by atoms with Crippen LogP contribution in [0.15, 0.2) is 69.9 Å². The molecule has 1 unspecified atom stereocenters. The van der Waals surface area contributed by atoms with Crippen molar-refractivity contribution >= 4 is 22.7 Å². The van der Waals surface area contributed by atoms with E-state index in [1.54, 1.807) is 17.0 Å². The summed E-state index contributed by atoms with van der Waals surface area (Å²) in [6.07, 6.45) is 0.912. The molecule has 0 fully saturated rings. The SMILES string of the molecule is CCc1ccc(C2c3c(oc4ccc(C)cc4c3=O)C(=O)N2c2cccc(C)n2)cc1. The van der Waals surface area contributed by atoms with E-state index < -0.39 is 6.04 Å². The highest BCUT2D eigenvalue weighted by atomic mass is 16.3. The van der Waals surface area contributed by atoms with E-state index in [1.165, 1.54) is 5.56 Å². The highest BCUT2D eigenvalue weighted by molar-refractivity contribution is 6.10. The van der Waals surface area contributed by atoms with Crippen LogP contribution in [0.1, 0.15) is 51.5 Å². The quantitative estimate of drug-likeness (QED) is 0.470.